The smallest absolute Gasteiger partial charge is 0.270 e. The minimum atomic E-state index is -0.266. The van der Waals surface area contributed by atoms with E-state index in [1.807, 2.05) is 6.92 Å². The Hall–Kier alpha value is -0.940. The molecule has 0 aliphatic rings. The van der Waals surface area contributed by atoms with Gasteiger partial charge in [-0.2, -0.15) is 0 Å². The largest absolute Gasteiger partial charge is 0.394 e. The fraction of sp³-hybridized carbons (Fsp3) is 0.400. The molecule has 4 nitrogen and oxygen atoms in total. The predicted octanol–water partition coefficient (Wildman–Crippen LogP) is 1.34. The first kappa shape index (κ1) is 12.1. The molecule has 0 saturated carbocycles. The van der Waals surface area contributed by atoms with Crippen molar-refractivity contribution >= 4 is 21.8 Å². The van der Waals surface area contributed by atoms with Crippen molar-refractivity contribution in [1.29, 1.82) is 0 Å². The van der Waals surface area contributed by atoms with Crippen molar-refractivity contribution in [2.24, 2.45) is 0 Å². The van der Waals surface area contributed by atoms with Crippen LogP contribution in [0.5, 0.6) is 0 Å². The number of aliphatic hydroxyl groups excluding tert-OH is 1. The normalized spacial score (nSPS) is 12.2. The summed E-state index contributed by atoms with van der Waals surface area (Å²) in [6, 6.07) is 4.91. The molecule has 0 spiro atoms. The average molecular weight is 273 g/mol. The number of aromatic nitrogens is 1. The van der Waals surface area contributed by atoms with Crippen LogP contribution in [0.25, 0.3) is 0 Å². The summed E-state index contributed by atoms with van der Waals surface area (Å²) in [5, 5.41) is 11.6. The summed E-state index contributed by atoms with van der Waals surface area (Å²) in [7, 11) is 0. The molecular weight excluding hydrogens is 260 g/mol. The lowest BCUT2D eigenvalue weighted by molar-refractivity contribution is 0.0909. The van der Waals surface area contributed by atoms with Crippen molar-refractivity contribution in [3.05, 3.63) is 28.5 Å². The summed E-state index contributed by atoms with van der Waals surface area (Å²) in [6.45, 7) is 1.84. The van der Waals surface area contributed by atoms with Gasteiger partial charge in [0.25, 0.3) is 5.91 Å². The van der Waals surface area contributed by atoms with E-state index in [4.69, 9.17) is 5.11 Å². The molecule has 0 radical (unpaired) electrons. The van der Waals surface area contributed by atoms with Crippen LogP contribution in [0.3, 0.4) is 0 Å². The van der Waals surface area contributed by atoms with Gasteiger partial charge in [0.2, 0.25) is 0 Å². The molecule has 1 aromatic heterocycles. The van der Waals surface area contributed by atoms with Gasteiger partial charge in [0, 0.05) is 0 Å². The van der Waals surface area contributed by atoms with Crippen LogP contribution >= 0.6 is 15.9 Å². The van der Waals surface area contributed by atoms with Crippen LogP contribution in [0.1, 0.15) is 23.8 Å². The first-order valence-corrected chi connectivity index (χ1v) is 5.51. The van der Waals surface area contributed by atoms with Crippen molar-refractivity contribution < 1.29 is 9.90 Å². The van der Waals surface area contributed by atoms with Crippen LogP contribution in [0.2, 0.25) is 0 Å². The number of halogens is 1. The predicted molar refractivity (Wildman–Crippen MR) is 60.6 cm³/mol. The van der Waals surface area contributed by atoms with Crippen LogP contribution in [0, 0.1) is 0 Å². The maximum Gasteiger partial charge on any atom is 0.270 e. The highest BCUT2D eigenvalue weighted by atomic mass is 79.9. The molecular formula is C10H13BrN2O2. The van der Waals surface area contributed by atoms with E-state index in [2.05, 4.69) is 26.2 Å². The number of aliphatic hydroxyl groups is 1. The summed E-state index contributed by atoms with van der Waals surface area (Å²) in [5.41, 5.74) is 0.344. The molecule has 0 aromatic carbocycles. The highest BCUT2D eigenvalue weighted by Crippen LogP contribution is 2.06. The van der Waals surface area contributed by atoms with Gasteiger partial charge in [-0.3, -0.25) is 4.79 Å². The van der Waals surface area contributed by atoms with E-state index in [1.54, 1.807) is 18.2 Å². The Morgan fingerprint density at radius 2 is 2.40 bits per heavy atom. The third-order valence-electron chi connectivity index (χ3n) is 2.00. The molecule has 0 bridgehead atoms. The maximum atomic E-state index is 11.6. The average Bonchev–Trinajstić information content (AvgIpc) is 2.25. The molecule has 0 aliphatic carbocycles. The van der Waals surface area contributed by atoms with Crippen LogP contribution in [0.4, 0.5) is 0 Å². The van der Waals surface area contributed by atoms with Crippen molar-refractivity contribution in [2.75, 3.05) is 6.61 Å². The zero-order valence-corrected chi connectivity index (χ0v) is 9.99. The molecule has 5 heteroatoms. The summed E-state index contributed by atoms with van der Waals surface area (Å²) < 4.78 is 0.618. The quantitative estimate of drug-likeness (QED) is 0.814. The van der Waals surface area contributed by atoms with Crippen LogP contribution < -0.4 is 5.32 Å². The van der Waals surface area contributed by atoms with E-state index >= 15 is 0 Å². The van der Waals surface area contributed by atoms with Gasteiger partial charge in [-0.1, -0.05) is 13.0 Å². The fourth-order valence-electron chi connectivity index (χ4n) is 1.07. The Balaban J connectivity index is 2.68. The van der Waals surface area contributed by atoms with Crippen LogP contribution in [-0.2, 0) is 0 Å². The lowest BCUT2D eigenvalue weighted by atomic mass is 10.2. The molecule has 0 saturated heterocycles. The molecule has 1 atom stereocenters. The van der Waals surface area contributed by atoms with E-state index < -0.39 is 0 Å². The molecule has 82 valence electrons. The highest BCUT2D eigenvalue weighted by molar-refractivity contribution is 9.10. The Bertz CT molecular complexity index is 340. The lowest BCUT2D eigenvalue weighted by Gasteiger charge is -2.13. The molecule has 1 aromatic rings. The number of hydrogen-bond donors (Lipinski definition) is 2. The lowest BCUT2D eigenvalue weighted by Crippen LogP contribution is -2.37. The van der Waals surface area contributed by atoms with Gasteiger partial charge in [0.15, 0.2) is 0 Å². The third kappa shape index (κ3) is 3.60. The SMILES string of the molecule is CC[C@H](CO)NC(=O)c1cccc(Br)n1. The van der Waals surface area contributed by atoms with Crippen LogP contribution in [-0.4, -0.2) is 28.6 Å². The number of nitrogens with zero attached hydrogens (tertiary/aromatic N) is 1. The molecule has 0 fully saturated rings. The molecule has 1 heterocycles. The van der Waals surface area contributed by atoms with E-state index in [1.165, 1.54) is 0 Å². The number of nitrogens with one attached hydrogen (secondary N) is 1. The van der Waals surface area contributed by atoms with Crippen molar-refractivity contribution in [3.8, 4) is 0 Å². The van der Waals surface area contributed by atoms with Gasteiger partial charge in [0.05, 0.1) is 12.6 Å². The van der Waals surface area contributed by atoms with Gasteiger partial charge in [-0.15, -0.1) is 0 Å². The van der Waals surface area contributed by atoms with E-state index in [0.29, 0.717) is 16.7 Å². The Morgan fingerprint density at radius 3 is 2.93 bits per heavy atom. The Labute approximate surface area is 96.8 Å². The molecule has 0 unspecified atom stereocenters. The van der Waals surface area contributed by atoms with Gasteiger partial charge in [0.1, 0.15) is 10.3 Å². The Morgan fingerprint density at radius 1 is 1.67 bits per heavy atom. The molecule has 2 N–H and O–H groups in total. The molecule has 15 heavy (non-hydrogen) atoms. The summed E-state index contributed by atoms with van der Waals surface area (Å²) in [6.07, 6.45) is 0.691. The number of rotatable bonds is 4. The van der Waals surface area contributed by atoms with E-state index in [0.717, 1.165) is 0 Å². The zero-order chi connectivity index (χ0) is 11.3. The zero-order valence-electron chi connectivity index (χ0n) is 8.40. The summed E-state index contributed by atoms with van der Waals surface area (Å²) >= 11 is 3.19. The first-order chi connectivity index (χ1) is 7.17. The fourth-order valence-corrected chi connectivity index (χ4v) is 1.41. The number of carbonyl (C=O) groups is 1. The maximum absolute atomic E-state index is 11.6. The number of amides is 1. The second-order valence-corrected chi connectivity index (χ2v) is 3.92. The molecule has 1 amide bonds. The minimum absolute atomic E-state index is 0.0593. The summed E-state index contributed by atoms with van der Waals surface area (Å²) in [5.74, 6) is -0.266. The summed E-state index contributed by atoms with van der Waals surface area (Å²) in [4.78, 5) is 15.6. The second kappa shape index (κ2) is 5.82. The van der Waals surface area contributed by atoms with Crippen molar-refractivity contribution in [2.45, 2.75) is 19.4 Å². The van der Waals surface area contributed by atoms with Gasteiger partial charge >= 0.3 is 0 Å². The topological polar surface area (TPSA) is 62.2 Å². The van der Waals surface area contributed by atoms with Gasteiger partial charge in [-0.05, 0) is 34.5 Å². The minimum Gasteiger partial charge on any atom is -0.394 e. The van der Waals surface area contributed by atoms with Crippen molar-refractivity contribution in [3.63, 3.8) is 0 Å². The number of carbonyl (C=O) groups excluding carboxylic acids is 1. The number of pyridine rings is 1. The van der Waals surface area contributed by atoms with E-state index in [-0.39, 0.29) is 18.6 Å². The third-order valence-corrected chi connectivity index (χ3v) is 2.44. The first-order valence-electron chi connectivity index (χ1n) is 4.71. The molecule has 0 aliphatic heterocycles. The van der Waals surface area contributed by atoms with Gasteiger partial charge < -0.3 is 10.4 Å². The van der Waals surface area contributed by atoms with Crippen molar-refractivity contribution in [1.82, 2.24) is 10.3 Å². The standard InChI is InChI=1S/C10H13BrN2O2/c1-2-7(6-14)12-10(15)8-4-3-5-9(11)13-8/h3-5,7,14H,2,6H2,1H3,(H,12,15)/t7-/m1/s1. The van der Waals surface area contributed by atoms with E-state index in [9.17, 15) is 4.79 Å². The number of hydrogen-bond acceptors (Lipinski definition) is 3. The highest BCUT2D eigenvalue weighted by Gasteiger charge is 2.12. The monoisotopic (exact) mass is 272 g/mol. The Kier molecular flexibility index (Phi) is 4.71. The second-order valence-electron chi connectivity index (χ2n) is 3.11. The van der Waals surface area contributed by atoms with Crippen LogP contribution in [0.15, 0.2) is 22.8 Å². The van der Waals surface area contributed by atoms with Gasteiger partial charge in [-0.25, -0.2) is 4.98 Å². The molecule has 1 rings (SSSR count).